The zero-order valence-corrected chi connectivity index (χ0v) is 21.0. The number of nitrogens with one attached hydrogen (secondary N) is 1. The van der Waals surface area contributed by atoms with Gasteiger partial charge in [-0.15, -0.1) is 11.3 Å². The van der Waals surface area contributed by atoms with E-state index in [1.54, 1.807) is 38.4 Å². The molecule has 0 atom stereocenters. The van der Waals surface area contributed by atoms with Crippen LogP contribution in [0.15, 0.2) is 58.8 Å². The van der Waals surface area contributed by atoms with Crippen LogP contribution in [0.4, 0.5) is 5.69 Å². The number of methoxy groups -OCH3 is 1. The molecule has 1 N–H and O–H groups in total. The Morgan fingerprint density at radius 3 is 2.41 bits per heavy atom. The van der Waals surface area contributed by atoms with Gasteiger partial charge >= 0.3 is 0 Å². The minimum absolute atomic E-state index is 0.0547. The monoisotopic (exact) mass is 499 g/mol. The van der Waals surface area contributed by atoms with Crippen molar-refractivity contribution < 1.29 is 17.9 Å². The summed E-state index contributed by atoms with van der Waals surface area (Å²) in [6.07, 6.45) is 5.24. The lowest BCUT2D eigenvalue weighted by Crippen LogP contribution is -2.38. The minimum Gasteiger partial charge on any atom is -0.497 e. The van der Waals surface area contributed by atoms with E-state index in [0.29, 0.717) is 11.4 Å². The summed E-state index contributed by atoms with van der Waals surface area (Å²) in [6.45, 7) is 0. The highest BCUT2D eigenvalue weighted by Gasteiger charge is 2.29. The van der Waals surface area contributed by atoms with Crippen molar-refractivity contribution in [2.24, 2.45) is 0 Å². The molecule has 0 unspecified atom stereocenters. The number of hydrogen-bond donors (Lipinski definition) is 1. The third kappa shape index (κ3) is 5.65. The highest BCUT2D eigenvalue weighted by atomic mass is 32.2. The number of aromatic nitrogens is 1. The second kappa shape index (κ2) is 10.7. The minimum atomic E-state index is -3.56. The molecule has 0 bridgehead atoms. The number of carbonyl (C=O) groups is 1. The van der Waals surface area contributed by atoms with Crippen molar-refractivity contribution in [2.75, 3.05) is 19.5 Å². The average Bonchev–Trinajstić information content (AvgIpc) is 3.32. The van der Waals surface area contributed by atoms with E-state index in [0.717, 1.165) is 42.0 Å². The summed E-state index contributed by atoms with van der Waals surface area (Å²) in [5.41, 5.74) is 2.20. The van der Waals surface area contributed by atoms with Crippen molar-refractivity contribution in [3.63, 3.8) is 0 Å². The molecule has 180 valence electrons. The molecule has 34 heavy (non-hydrogen) atoms. The molecule has 9 heteroatoms. The van der Waals surface area contributed by atoms with Crippen molar-refractivity contribution in [1.82, 2.24) is 9.29 Å². The molecule has 1 amide bonds. The molecule has 0 aliphatic heterocycles. The normalized spacial score (nSPS) is 14.8. The first-order valence-electron chi connectivity index (χ1n) is 11.3. The van der Waals surface area contributed by atoms with E-state index < -0.39 is 10.0 Å². The van der Waals surface area contributed by atoms with Gasteiger partial charge in [-0.1, -0.05) is 19.3 Å². The van der Waals surface area contributed by atoms with E-state index in [1.807, 2.05) is 29.6 Å². The smallest absolute Gasteiger partial charge is 0.243 e. The largest absolute Gasteiger partial charge is 0.497 e. The second-order valence-corrected chi connectivity index (χ2v) is 11.3. The van der Waals surface area contributed by atoms with Crippen LogP contribution >= 0.6 is 11.3 Å². The van der Waals surface area contributed by atoms with Crippen molar-refractivity contribution in [1.29, 1.82) is 0 Å². The zero-order chi connectivity index (χ0) is 24.1. The summed E-state index contributed by atoms with van der Waals surface area (Å²) in [4.78, 5) is 17.3. The van der Waals surface area contributed by atoms with Crippen LogP contribution in [-0.2, 0) is 21.2 Å². The van der Waals surface area contributed by atoms with E-state index >= 15 is 0 Å². The summed E-state index contributed by atoms with van der Waals surface area (Å²) < 4.78 is 32.7. The summed E-state index contributed by atoms with van der Waals surface area (Å²) >= 11 is 1.48. The van der Waals surface area contributed by atoms with E-state index in [2.05, 4.69) is 10.3 Å². The summed E-state index contributed by atoms with van der Waals surface area (Å²) in [6, 6.07) is 14.0. The van der Waals surface area contributed by atoms with Crippen LogP contribution in [0.1, 0.15) is 37.8 Å². The third-order valence-corrected chi connectivity index (χ3v) is 9.00. The molecule has 4 rings (SSSR count). The molecule has 1 saturated carbocycles. The highest BCUT2D eigenvalue weighted by molar-refractivity contribution is 7.89. The van der Waals surface area contributed by atoms with Crippen LogP contribution in [0, 0.1) is 0 Å². The standard InChI is InChI=1S/C25H29N3O4S2/c1-28(21-6-4-3-5-7-21)34(30,31)23-14-10-19(11-15-23)26-24(29)16-20-17-33-25(27-20)18-8-12-22(32-2)13-9-18/h8-15,17,21H,3-7,16H2,1-2H3,(H,26,29). The summed E-state index contributed by atoms with van der Waals surface area (Å²) in [7, 11) is -0.272. The maximum Gasteiger partial charge on any atom is 0.243 e. The number of nitrogens with zero attached hydrogens (tertiary/aromatic N) is 2. The Labute approximate surface area is 204 Å². The maximum absolute atomic E-state index is 13.0. The summed E-state index contributed by atoms with van der Waals surface area (Å²) in [5, 5.41) is 5.53. The van der Waals surface area contributed by atoms with Crippen LogP contribution in [0.25, 0.3) is 10.6 Å². The fraction of sp³-hybridized carbons (Fsp3) is 0.360. The van der Waals surface area contributed by atoms with Gasteiger partial charge in [-0.05, 0) is 61.4 Å². The van der Waals surface area contributed by atoms with Crippen molar-refractivity contribution in [2.45, 2.75) is 49.5 Å². The van der Waals surface area contributed by atoms with Crippen molar-refractivity contribution in [3.05, 3.63) is 59.6 Å². The van der Waals surface area contributed by atoms with Crippen LogP contribution in [0.5, 0.6) is 5.75 Å². The number of amides is 1. The number of ether oxygens (including phenoxy) is 1. The van der Waals surface area contributed by atoms with E-state index in [-0.39, 0.29) is 23.3 Å². The fourth-order valence-electron chi connectivity index (χ4n) is 4.14. The lowest BCUT2D eigenvalue weighted by molar-refractivity contribution is -0.115. The molecule has 0 radical (unpaired) electrons. The molecule has 2 aromatic carbocycles. The topological polar surface area (TPSA) is 88.6 Å². The molecule has 1 fully saturated rings. The first kappa shape index (κ1) is 24.4. The maximum atomic E-state index is 13.0. The van der Waals surface area contributed by atoms with Gasteiger partial charge < -0.3 is 10.1 Å². The predicted octanol–water partition coefficient (Wildman–Crippen LogP) is 4.95. The van der Waals surface area contributed by atoms with Gasteiger partial charge in [0.2, 0.25) is 15.9 Å². The SMILES string of the molecule is COc1ccc(-c2nc(CC(=O)Nc3ccc(S(=O)(=O)N(C)C4CCCCC4)cc3)cs2)cc1. The van der Waals surface area contributed by atoms with Crippen molar-refractivity contribution >= 4 is 33.0 Å². The molecule has 1 aliphatic rings. The first-order valence-corrected chi connectivity index (χ1v) is 13.7. The van der Waals surface area contributed by atoms with Gasteiger partial charge in [0, 0.05) is 29.7 Å². The first-order chi connectivity index (χ1) is 16.4. The Hall–Kier alpha value is -2.75. The Morgan fingerprint density at radius 2 is 1.76 bits per heavy atom. The van der Waals surface area contributed by atoms with Gasteiger partial charge in [0.15, 0.2) is 0 Å². The molecule has 1 heterocycles. The van der Waals surface area contributed by atoms with Gasteiger partial charge in [-0.25, -0.2) is 13.4 Å². The van der Waals surface area contributed by atoms with Crippen molar-refractivity contribution in [3.8, 4) is 16.3 Å². The molecule has 1 aliphatic carbocycles. The Kier molecular flexibility index (Phi) is 7.65. The molecular formula is C25H29N3O4S2. The van der Waals surface area contributed by atoms with E-state index in [4.69, 9.17) is 4.74 Å². The number of thiazole rings is 1. The Morgan fingerprint density at radius 1 is 1.09 bits per heavy atom. The van der Waals surface area contributed by atoms with E-state index in [1.165, 1.54) is 22.1 Å². The molecule has 7 nitrogen and oxygen atoms in total. The quantitative estimate of drug-likeness (QED) is 0.474. The van der Waals surface area contributed by atoms with Crippen LogP contribution < -0.4 is 10.1 Å². The molecular weight excluding hydrogens is 470 g/mol. The zero-order valence-electron chi connectivity index (χ0n) is 19.4. The third-order valence-electron chi connectivity index (χ3n) is 6.13. The number of carbonyl (C=O) groups excluding carboxylic acids is 1. The highest BCUT2D eigenvalue weighted by Crippen LogP contribution is 2.28. The molecule has 1 aromatic heterocycles. The van der Waals surface area contributed by atoms with Crippen LogP contribution in [0.2, 0.25) is 0 Å². The van der Waals surface area contributed by atoms with Gasteiger partial charge in [-0.3, -0.25) is 4.79 Å². The molecule has 0 spiro atoms. The van der Waals surface area contributed by atoms with E-state index in [9.17, 15) is 13.2 Å². The number of anilines is 1. The van der Waals surface area contributed by atoms with Gasteiger partial charge in [0.1, 0.15) is 10.8 Å². The van der Waals surface area contributed by atoms with Crippen LogP contribution in [-0.4, -0.2) is 43.8 Å². The van der Waals surface area contributed by atoms with Gasteiger partial charge in [-0.2, -0.15) is 4.31 Å². The second-order valence-electron chi connectivity index (χ2n) is 8.43. The molecule has 3 aromatic rings. The number of sulfonamides is 1. The molecule has 0 saturated heterocycles. The number of hydrogen-bond acceptors (Lipinski definition) is 6. The average molecular weight is 500 g/mol. The lowest BCUT2D eigenvalue weighted by Gasteiger charge is -2.30. The predicted molar refractivity (Wildman–Crippen MR) is 135 cm³/mol. The Balaban J connectivity index is 1.36. The fourth-order valence-corrected chi connectivity index (χ4v) is 6.38. The van der Waals surface area contributed by atoms with Crippen LogP contribution in [0.3, 0.4) is 0 Å². The number of benzene rings is 2. The summed E-state index contributed by atoms with van der Waals surface area (Å²) in [5.74, 6) is 0.570. The lowest BCUT2D eigenvalue weighted by atomic mass is 9.96. The van der Waals surface area contributed by atoms with Gasteiger partial charge in [0.25, 0.3) is 0 Å². The Bertz CT molecular complexity index is 1220. The number of rotatable bonds is 8. The van der Waals surface area contributed by atoms with Gasteiger partial charge in [0.05, 0.1) is 24.1 Å².